The summed E-state index contributed by atoms with van der Waals surface area (Å²) in [5, 5.41) is 21.4. The second kappa shape index (κ2) is 22.8. The van der Waals surface area contributed by atoms with Crippen molar-refractivity contribution in [3.05, 3.63) is 12.7 Å². The zero-order chi connectivity index (χ0) is 32.2. The van der Waals surface area contributed by atoms with Crippen LogP contribution in [0.2, 0.25) is 0 Å². The van der Waals surface area contributed by atoms with Gasteiger partial charge in [-0.3, -0.25) is 4.79 Å². The molecule has 0 aromatic rings. The van der Waals surface area contributed by atoms with Crippen molar-refractivity contribution in [1.29, 1.82) is 5.41 Å². The Morgan fingerprint density at radius 2 is 1.50 bits per heavy atom. The number of rotatable bonds is 25. The Balaban J connectivity index is 1.63. The molecule has 2 aliphatic heterocycles. The predicted molar refractivity (Wildman–Crippen MR) is 188 cm³/mol. The Bertz CT molecular complexity index is 920. The van der Waals surface area contributed by atoms with Crippen LogP contribution < -0.4 is 5.32 Å². The van der Waals surface area contributed by atoms with Crippen molar-refractivity contribution in [2.45, 2.75) is 145 Å². The molecule has 0 aromatic carbocycles. The maximum atomic E-state index is 13.5. The van der Waals surface area contributed by atoms with E-state index in [1.807, 2.05) is 6.08 Å². The molecule has 0 aromatic heterocycles. The molecule has 2 aliphatic rings. The number of hydrogen-bond donors (Lipinski definition) is 3. The Morgan fingerprint density at radius 3 is 2.07 bits per heavy atom. The number of carboxylic acids is 1. The van der Waals surface area contributed by atoms with E-state index < -0.39 is 31.8 Å². The van der Waals surface area contributed by atoms with Gasteiger partial charge in [0, 0.05) is 12.3 Å². The molecule has 2 heterocycles. The summed E-state index contributed by atoms with van der Waals surface area (Å²) >= 11 is -2.38. The van der Waals surface area contributed by atoms with Gasteiger partial charge in [0.2, 0.25) is 0 Å². The van der Waals surface area contributed by atoms with E-state index >= 15 is 0 Å². The van der Waals surface area contributed by atoms with E-state index in [2.05, 4.69) is 11.9 Å². The molecule has 2 fully saturated rings. The van der Waals surface area contributed by atoms with E-state index in [9.17, 15) is 19.2 Å². The SMILES string of the molecule is C=CCCCC[C@@H](C(=O)CCCCCCCCCCCCCC(=O)C1CCNCC1)I1CC(=O)N(C)[C@@H](CCC(=O)O)C1=N. The third kappa shape index (κ3) is 14.6. The third-order valence-electron chi connectivity index (χ3n) is 9.23. The summed E-state index contributed by atoms with van der Waals surface area (Å²) in [5.74, 6) is 0.0504. The average Bonchev–Trinajstić information content (AvgIpc) is 3.01. The molecule has 2 atom stereocenters. The van der Waals surface area contributed by atoms with Gasteiger partial charge in [-0.2, -0.15) is 0 Å². The normalized spacial score (nSPS) is 19.2. The van der Waals surface area contributed by atoms with Gasteiger partial charge in [-0.05, 0) is 32.4 Å². The van der Waals surface area contributed by atoms with Gasteiger partial charge in [0.25, 0.3) is 0 Å². The number of amides is 1. The summed E-state index contributed by atoms with van der Waals surface area (Å²) in [7, 11) is 1.67. The van der Waals surface area contributed by atoms with Gasteiger partial charge >= 0.3 is 208 Å². The number of carbonyl (C=O) groups is 4. The number of Topliss-reactive ketones (excluding diaryl/α,β-unsaturated/α-hetero) is 2. The van der Waals surface area contributed by atoms with Crippen LogP contribution in [0.25, 0.3) is 0 Å². The fraction of sp³-hybridized carbons (Fsp3) is 0.800. The number of carboxylic acid groups (broad SMARTS) is 1. The van der Waals surface area contributed by atoms with Crippen LogP contribution >= 0.6 is 19.8 Å². The number of carbonyl (C=O) groups excluding carboxylic acids is 3. The molecule has 0 unspecified atom stereocenters. The summed E-state index contributed by atoms with van der Waals surface area (Å²) in [4.78, 5) is 51.3. The molecule has 0 spiro atoms. The fourth-order valence-electron chi connectivity index (χ4n) is 6.36. The van der Waals surface area contributed by atoms with Crippen LogP contribution in [0, 0.1) is 11.3 Å². The Morgan fingerprint density at radius 1 is 0.932 bits per heavy atom. The minimum atomic E-state index is -2.38. The number of ketones is 2. The van der Waals surface area contributed by atoms with Crippen molar-refractivity contribution in [3.63, 3.8) is 0 Å². The molecular weight excluding hydrogens is 669 g/mol. The van der Waals surface area contributed by atoms with Crippen LogP contribution in [-0.2, 0) is 19.2 Å². The van der Waals surface area contributed by atoms with E-state index in [-0.39, 0.29) is 28.5 Å². The van der Waals surface area contributed by atoms with Gasteiger partial charge in [0.05, 0.1) is 0 Å². The van der Waals surface area contributed by atoms with Gasteiger partial charge in [-0.25, -0.2) is 0 Å². The Labute approximate surface area is 273 Å². The number of nitrogens with zero attached hydrogens (tertiary/aromatic N) is 1. The first-order chi connectivity index (χ1) is 21.3. The first kappa shape index (κ1) is 38.6. The summed E-state index contributed by atoms with van der Waals surface area (Å²) in [6, 6.07) is -0.477. The van der Waals surface area contributed by atoms with E-state index in [0.29, 0.717) is 26.3 Å². The molecule has 1 amide bonds. The molecule has 2 rings (SSSR count). The van der Waals surface area contributed by atoms with Crippen molar-refractivity contribution in [3.8, 4) is 0 Å². The van der Waals surface area contributed by atoms with Crippen molar-refractivity contribution in [2.24, 2.45) is 5.92 Å². The topological polar surface area (TPSA) is 128 Å². The number of hydrogen-bond acceptors (Lipinski definition) is 6. The van der Waals surface area contributed by atoms with E-state index in [0.717, 1.165) is 90.1 Å². The van der Waals surface area contributed by atoms with Crippen LogP contribution in [0.15, 0.2) is 12.7 Å². The molecule has 252 valence electrons. The molecular formula is C35H60IN3O5. The maximum absolute atomic E-state index is 13.5. The van der Waals surface area contributed by atoms with Crippen molar-refractivity contribution in [1.82, 2.24) is 10.2 Å². The first-order valence-electron chi connectivity index (χ1n) is 17.3. The van der Waals surface area contributed by atoms with Gasteiger partial charge in [0.1, 0.15) is 5.78 Å². The van der Waals surface area contributed by atoms with E-state index in [1.54, 1.807) is 7.05 Å². The third-order valence-corrected chi connectivity index (χ3v) is 16.0. The predicted octanol–water partition coefficient (Wildman–Crippen LogP) is 7.50. The summed E-state index contributed by atoms with van der Waals surface area (Å²) < 4.78 is 0.631. The summed E-state index contributed by atoms with van der Waals surface area (Å²) in [6.45, 7) is 5.76. The molecule has 0 bridgehead atoms. The molecule has 9 heteroatoms. The van der Waals surface area contributed by atoms with Crippen molar-refractivity contribution < 1.29 is 24.3 Å². The second-order valence-electron chi connectivity index (χ2n) is 12.7. The monoisotopic (exact) mass is 729 g/mol. The van der Waals surface area contributed by atoms with Gasteiger partial charge in [0.15, 0.2) is 0 Å². The first-order valence-corrected chi connectivity index (χ1v) is 21.2. The fourth-order valence-corrected chi connectivity index (χ4v) is 13.3. The van der Waals surface area contributed by atoms with Crippen LogP contribution in [0.4, 0.5) is 0 Å². The molecule has 0 aliphatic carbocycles. The number of halogens is 1. The molecule has 0 radical (unpaired) electrons. The number of unbranched alkanes of at least 4 members (excludes halogenated alkanes) is 12. The number of piperidine rings is 1. The van der Waals surface area contributed by atoms with Crippen molar-refractivity contribution >= 4 is 47.0 Å². The summed E-state index contributed by atoms with van der Waals surface area (Å²) in [5.41, 5.74) is 0. The summed E-state index contributed by atoms with van der Waals surface area (Å²) in [6.07, 6.45) is 21.5. The number of nitrogens with one attached hydrogen (secondary N) is 2. The second-order valence-corrected chi connectivity index (χ2v) is 18.4. The van der Waals surface area contributed by atoms with Crippen LogP contribution in [0.3, 0.4) is 0 Å². The zero-order valence-corrected chi connectivity index (χ0v) is 29.5. The minimum absolute atomic E-state index is 0.0341. The van der Waals surface area contributed by atoms with E-state index in [4.69, 9.17) is 10.5 Å². The number of allylic oxidation sites excluding steroid dienone is 1. The number of alkyl halides is 2. The Hall–Kier alpha value is -1.62. The van der Waals surface area contributed by atoms with Gasteiger partial charge in [-0.15, -0.1) is 0 Å². The van der Waals surface area contributed by atoms with E-state index in [1.165, 1.54) is 43.4 Å². The molecule has 8 nitrogen and oxygen atoms in total. The quantitative estimate of drug-likeness (QED) is 0.0387. The standard InChI is InChI=1S/C35H60IN3O5/c1-3-4-5-15-18-29(36-27-33(42)39(2)30(35(36)37)21-22-34(43)44)32(41)20-17-14-12-10-8-6-7-9-11-13-16-19-31(40)28-23-25-38-26-24-28/h3,28-30,37-38H,1,4-27H2,2H3,(H,43,44)/t29-,30-/m0/s1. The molecule has 0 saturated carbocycles. The van der Waals surface area contributed by atoms with Crippen LogP contribution in [0.1, 0.15) is 135 Å². The Kier molecular flexibility index (Phi) is 20.0. The molecule has 2 saturated heterocycles. The molecule has 3 N–H and O–H groups in total. The number of aliphatic carboxylic acids is 1. The van der Waals surface area contributed by atoms with Crippen LogP contribution in [-0.4, -0.2) is 71.7 Å². The zero-order valence-electron chi connectivity index (χ0n) is 27.4. The van der Waals surface area contributed by atoms with Crippen molar-refractivity contribution in [2.75, 3.05) is 24.6 Å². The average molecular weight is 730 g/mol. The van der Waals surface area contributed by atoms with Gasteiger partial charge in [-0.1, -0.05) is 6.42 Å². The van der Waals surface area contributed by atoms with Gasteiger partial charge < -0.3 is 5.32 Å². The van der Waals surface area contributed by atoms with Crippen LogP contribution in [0.5, 0.6) is 0 Å². The molecule has 44 heavy (non-hydrogen) atoms.